The van der Waals surface area contributed by atoms with E-state index < -0.39 is 0 Å². The van der Waals surface area contributed by atoms with Crippen LogP contribution in [0.1, 0.15) is 10.4 Å². The van der Waals surface area contributed by atoms with Gasteiger partial charge in [0, 0.05) is 33.8 Å². The maximum atomic E-state index is 12.6. The quantitative estimate of drug-likeness (QED) is 0.556. The van der Waals surface area contributed by atoms with Crippen LogP contribution in [0, 0.1) is 0 Å². The molecule has 0 bridgehead atoms. The molecule has 0 unspecified atom stereocenters. The molecule has 5 nitrogen and oxygen atoms in total. The first kappa shape index (κ1) is 15.0. The van der Waals surface area contributed by atoms with Crippen molar-refractivity contribution in [2.24, 2.45) is 4.99 Å². The number of H-pyrrole nitrogens is 1. The number of para-hydroxylation sites is 1. The van der Waals surface area contributed by atoms with Gasteiger partial charge in [0.15, 0.2) is 4.80 Å². The van der Waals surface area contributed by atoms with Crippen LogP contribution in [0.2, 0.25) is 0 Å². The average molecular weight is 399 g/mol. The molecule has 4 aromatic rings. The third kappa shape index (κ3) is 2.61. The van der Waals surface area contributed by atoms with E-state index in [0.29, 0.717) is 16.0 Å². The van der Waals surface area contributed by atoms with Crippen molar-refractivity contribution in [3.8, 4) is 5.69 Å². The Labute approximate surface area is 149 Å². The van der Waals surface area contributed by atoms with E-state index in [1.807, 2.05) is 46.5 Å². The van der Waals surface area contributed by atoms with E-state index in [1.165, 1.54) is 11.3 Å². The number of benzene rings is 1. The molecule has 0 aliphatic rings. The number of amides is 1. The van der Waals surface area contributed by atoms with Gasteiger partial charge in [-0.05, 0) is 40.2 Å². The Bertz CT molecular complexity index is 1110. The van der Waals surface area contributed by atoms with Crippen molar-refractivity contribution >= 4 is 44.2 Å². The highest BCUT2D eigenvalue weighted by atomic mass is 79.9. The van der Waals surface area contributed by atoms with Gasteiger partial charge in [-0.2, -0.15) is 4.99 Å². The Morgan fingerprint density at radius 2 is 2.12 bits per heavy atom. The minimum Gasteiger partial charge on any atom is -0.345 e. The molecule has 0 aliphatic heterocycles. The number of nitrogens with zero attached hydrogens (tertiary/aromatic N) is 3. The van der Waals surface area contributed by atoms with Crippen LogP contribution in [-0.2, 0) is 0 Å². The van der Waals surface area contributed by atoms with Gasteiger partial charge in [0.2, 0.25) is 0 Å². The summed E-state index contributed by atoms with van der Waals surface area (Å²) in [5.41, 5.74) is 2.14. The molecule has 0 radical (unpaired) electrons. The summed E-state index contributed by atoms with van der Waals surface area (Å²) in [6.07, 6.45) is 5.23. The monoisotopic (exact) mass is 398 g/mol. The molecule has 0 saturated heterocycles. The minimum atomic E-state index is -0.294. The predicted molar refractivity (Wildman–Crippen MR) is 97.3 cm³/mol. The number of hydrogen-bond donors (Lipinski definition) is 1. The van der Waals surface area contributed by atoms with Gasteiger partial charge in [0.1, 0.15) is 5.65 Å². The first-order chi connectivity index (χ1) is 11.7. The number of hydrogen-bond acceptors (Lipinski definition) is 3. The molecular formula is C17H11BrN4OS. The average Bonchev–Trinajstić information content (AvgIpc) is 3.22. The van der Waals surface area contributed by atoms with Crippen molar-refractivity contribution in [3.63, 3.8) is 0 Å². The largest absolute Gasteiger partial charge is 0.345 e. The van der Waals surface area contributed by atoms with E-state index in [-0.39, 0.29) is 5.91 Å². The zero-order chi connectivity index (χ0) is 16.5. The molecule has 0 saturated carbocycles. The van der Waals surface area contributed by atoms with Crippen LogP contribution in [0.3, 0.4) is 0 Å². The first-order valence-electron chi connectivity index (χ1n) is 7.16. The van der Waals surface area contributed by atoms with Crippen molar-refractivity contribution in [3.05, 3.63) is 75.2 Å². The van der Waals surface area contributed by atoms with Gasteiger partial charge in [0.25, 0.3) is 5.91 Å². The molecule has 24 heavy (non-hydrogen) atoms. The lowest BCUT2D eigenvalue weighted by molar-refractivity contribution is 0.0999. The zero-order valence-electron chi connectivity index (χ0n) is 12.3. The number of fused-ring (bicyclic) bond motifs is 1. The SMILES string of the molecule is O=C(/N=c1\sccn1-c1ccccc1Br)c1c[nH]c2ncccc12. The van der Waals surface area contributed by atoms with Gasteiger partial charge in [0.05, 0.1) is 11.3 Å². The van der Waals surface area contributed by atoms with Crippen molar-refractivity contribution in [2.45, 2.75) is 0 Å². The predicted octanol–water partition coefficient (Wildman–Crippen LogP) is 3.92. The van der Waals surface area contributed by atoms with Crippen molar-refractivity contribution < 1.29 is 4.79 Å². The topological polar surface area (TPSA) is 63.0 Å². The van der Waals surface area contributed by atoms with Crippen LogP contribution in [0.25, 0.3) is 16.7 Å². The van der Waals surface area contributed by atoms with Gasteiger partial charge in [-0.15, -0.1) is 11.3 Å². The summed E-state index contributed by atoms with van der Waals surface area (Å²) >= 11 is 4.95. The molecule has 0 aliphatic carbocycles. The van der Waals surface area contributed by atoms with Gasteiger partial charge >= 0.3 is 0 Å². The maximum Gasteiger partial charge on any atom is 0.281 e. The van der Waals surface area contributed by atoms with Crippen LogP contribution in [0.4, 0.5) is 0 Å². The summed E-state index contributed by atoms with van der Waals surface area (Å²) in [7, 11) is 0. The second-order valence-electron chi connectivity index (χ2n) is 5.03. The van der Waals surface area contributed by atoms with E-state index in [2.05, 4.69) is 30.9 Å². The Morgan fingerprint density at radius 1 is 1.25 bits per heavy atom. The van der Waals surface area contributed by atoms with Gasteiger partial charge in [-0.25, -0.2) is 4.98 Å². The van der Waals surface area contributed by atoms with E-state index in [1.54, 1.807) is 18.5 Å². The van der Waals surface area contributed by atoms with Gasteiger partial charge in [-0.1, -0.05) is 12.1 Å². The van der Waals surface area contributed by atoms with E-state index in [4.69, 9.17) is 0 Å². The number of carbonyl (C=O) groups excluding carboxylic acids is 1. The van der Waals surface area contributed by atoms with Crippen molar-refractivity contribution in [1.29, 1.82) is 0 Å². The molecule has 3 heterocycles. The zero-order valence-corrected chi connectivity index (χ0v) is 14.7. The number of thiazole rings is 1. The number of pyridine rings is 1. The fraction of sp³-hybridized carbons (Fsp3) is 0. The molecule has 4 rings (SSSR count). The second-order valence-corrected chi connectivity index (χ2v) is 6.75. The summed E-state index contributed by atoms with van der Waals surface area (Å²) in [6, 6.07) is 11.5. The van der Waals surface area contributed by atoms with Crippen LogP contribution >= 0.6 is 27.3 Å². The number of nitrogens with one attached hydrogen (secondary N) is 1. The highest BCUT2D eigenvalue weighted by molar-refractivity contribution is 9.10. The van der Waals surface area contributed by atoms with Gasteiger partial charge < -0.3 is 4.98 Å². The smallest absolute Gasteiger partial charge is 0.281 e. The number of aromatic nitrogens is 3. The lowest BCUT2D eigenvalue weighted by Gasteiger charge is -2.04. The Morgan fingerprint density at radius 3 is 3.00 bits per heavy atom. The second kappa shape index (κ2) is 6.18. The number of carbonyl (C=O) groups is 1. The third-order valence-electron chi connectivity index (χ3n) is 3.58. The van der Waals surface area contributed by atoms with Crippen LogP contribution < -0.4 is 4.80 Å². The lowest BCUT2D eigenvalue weighted by atomic mass is 10.2. The minimum absolute atomic E-state index is 0.294. The van der Waals surface area contributed by atoms with E-state index >= 15 is 0 Å². The highest BCUT2D eigenvalue weighted by Gasteiger charge is 2.12. The maximum absolute atomic E-state index is 12.6. The number of halogens is 1. The fourth-order valence-corrected chi connectivity index (χ4v) is 3.65. The molecule has 0 spiro atoms. The Hall–Kier alpha value is -2.51. The number of rotatable bonds is 2. The Kier molecular flexibility index (Phi) is 3.87. The van der Waals surface area contributed by atoms with E-state index in [9.17, 15) is 4.79 Å². The summed E-state index contributed by atoms with van der Waals surface area (Å²) in [5.74, 6) is -0.294. The molecule has 7 heteroatoms. The van der Waals surface area contributed by atoms with Crippen LogP contribution in [-0.4, -0.2) is 20.4 Å². The third-order valence-corrected chi connectivity index (χ3v) is 5.01. The lowest BCUT2D eigenvalue weighted by Crippen LogP contribution is -2.15. The van der Waals surface area contributed by atoms with E-state index in [0.717, 1.165) is 15.5 Å². The van der Waals surface area contributed by atoms with Crippen molar-refractivity contribution in [2.75, 3.05) is 0 Å². The molecule has 0 atom stereocenters. The molecule has 1 amide bonds. The molecule has 3 aromatic heterocycles. The first-order valence-corrected chi connectivity index (χ1v) is 8.83. The molecule has 118 valence electrons. The molecule has 1 N–H and O–H groups in total. The summed E-state index contributed by atoms with van der Waals surface area (Å²) < 4.78 is 2.83. The summed E-state index contributed by atoms with van der Waals surface area (Å²) in [6.45, 7) is 0. The molecular weight excluding hydrogens is 388 g/mol. The normalized spacial score (nSPS) is 12.0. The van der Waals surface area contributed by atoms with Crippen molar-refractivity contribution in [1.82, 2.24) is 14.5 Å². The fourth-order valence-electron chi connectivity index (χ4n) is 2.46. The Balaban J connectivity index is 1.81. The molecule has 1 aromatic carbocycles. The van der Waals surface area contributed by atoms with Gasteiger partial charge in [-0.3, -0.25) is 9.36 Å². The standard InChI is InChI=1S/C17H11BrN4OS/c18-13-5-1-2-6-14(13)22-8-9-24-17(22)21-16(23)12-10-20-15-11(12)4-3-7-19-15/h1-10H,(H,19,20)/b21-17-. The van der Waals surface area contributed by atoms with Crippen LogP contribution in [0.5, 0.6) is 0 Å². The number of aromatic amines is 1. The summed E-state index contributed by atoms with van der Waals surface area (Å²) in [5, 5.41) is 2.68. The summed E-state index contributed by atoms with van der Waals surface area (Å²) in [4.78, 5) is 24.7. The van der Waals surface area contributed by atoms with Crippen LogP contribution in [0.15, 0.2) is 69.8 Å². The molecule has 0 fully saturated rings. The highest BCUT2D eigenvalue weighted by Crippen LogP contribution is 2.20.